The van der Waals surface area contributed by atoms with Crippen molar-refractivity contribution in [1.29, 1.82) is 0 Å². The highest BCUT2D eigenvalue weighted by atomic mass is 28.4. The molecule has 0 aliphatic heterocycles. The first-order valence-corrected chi connectivity index (χ1v) is 14.1. The van der Waals surface area contributed by atoms with Crippen molar-refractivity contribution in [1.82, 2.24) is 0 Å². The molecule has 6 nitrogen and oxygen atoms in total. The second-order valence-corrected chi connectivity index (χ2v) is 14.5. The Labute approximate surface area is 191 Å². The molecule has 0 heterocycles. The lowest BCUT2D eigenvalue weighted by molar-refractivity contribution is -0.169. The monoisotopic (exact) mass is 460 g/mol. The highest BCUT2D eigenvalue weighted by Crippen LogP contribution is 2.37. The number of benzene rings is 2. The number of aliphatic carboxylic acids is 2. The third-order valence-electron chi connectivity index (χ3n) is 6.21. The van der Waals surface area contributed by atoms with Crippen LogP contribution < -0.4 is 0 Å². The number of hydrogen-bond acceptors (Lipinski definition) is 4. The maximum Gasteiger partial charge on any atom is 0.336 e. The van der Waals surface area contributed by atoms with Gasteiger partial charge in [0.05, 0.1) is 0 Å². The molecule has 0 aromatic heterocycles. The molecule has 0 spiro atoms. The lowest BCUT2D eigenvalue weighted by Crippen LogP contribution is -2.52. The van der Waals surface area contributed by atoms with E-state index < -0.39 is 32.5 Å². The molecule has 2 aromatic carbocycles. The van der Waals surface area contributed by atoms with Gasteiger partial charge in [0, 0.05) is 6.61 Å². The highest BCUT2D eigenvalue weighted by molar-refractivity contribution is 6.74. The minimum Gasteiger partial charge on any atom is -0.479 e. The normalized spacial score (nSPS) is 14.3. The van der Waals surface area contributed by atoms with Crippen molar-refractivity contribution in [2.45, 2.75) is 76.8 Å². The maximum absolute atomic E-state index is 11.8. The Hall–Kier alpha value is -2.22. The van der Waals surface area contributed by atoms with Crippen LogP contribution in [0.3, 0.4) is 0 Å². The van der Waals surface area contributed by atoms with E-state index in [0.717, 1.165) is 19.3 Å². The fourth-order valence-corrected chi connectivity index (χ4v) is 4.45. The second-order valence-electron chi connectivity index (χ2n) is 9.76. The van der Waals surface area contributed by atoms with E-state index in [1.807, 2.05) is 46.0 Å². The topological polar surface area (TPSA) is 93.1 Å². The van der Waals surface area contributed by atoms with E-state index in [0.29, 0.717) is 6.42 Å². The van der Waals surface area contributed by atoms with Crippen LogP contribution in [0.15, 0.2) is 42.5 Å². The first kappa shape index (κ1) is 26.0. The van der Waals surface area contributed by atoms with E-state index in [-0.39, 0.29) is 11.6 Å². The number of rotatable bonds is 12. The molecule has 0 aliphatic rings. The Morgan fingerprint density at radius 1 is 0.906 bits per heavy atom. The first-order valence-electron chi connectivity index (χ1n) is 11.1. The molecule has 0 radical (unpaired) electrons. The van der Waals surface area contributed by atoms with Crippen molar-refractivity contribution >= 4 is 31.0 Å². The fourth-order valence-electron chi connectivity index (χ4n) is 3.24. The van der Waals surface area contributed by atoms with Gasteiger partial charge in [0.15, 0.2) is 20.5 Å². The van der Waals surface area contributed by atoms with Crippen LogP contribution in [0.25, 0.3) is 10.8 Å². The summed E-state index contributed by atoms with van der Waals surface area (Å²) in [7, 11) is -2.48. The van der Waals surface area contributed by atoms with E-state index in [4.69, 9.17) is 9.16 Å². The maximum atomic E-state index is 11.8. The van der Waals surface area contributed by atoms with Gasteiger partial charge in [-0.2, -0.15) is 0 Å². The number of carbonyl (C=O) groups is 2. The number of carboxylic acids is 2. The van der Waals surface area contributed by atoms with E-state index in [2.05, 4.69) is 30.3 Å². The average Bonchev–Trinajstić information content (AvgIpc) is 2.70. The third kappa shape index (κ3) is 7.15. The lowest BCUT2D eigenvalue weighted by Gasteiger charge is -2.39. The summed E-state index contributed by atoms with van der Waals surface area (Å²) in [5.41, 5.74) is 1.27. The molecule has 0 fully saturated rings. The number of aryl methyl sites for hydroxylation is 1. The second kappa shape index (κ2) is 11.1. The van der Waals surface area contributed by atoms with Gasteiger partial charge in [0.25, 0.3) is 0 Å². The summed E-state index contributed by atoms with van der Waals surface area (Å²) in [4.78, 5) is 23.5. The van der Waals surface area contributed by atoms with Crippen molar-refractivity contribution in [3.05, 3.63) is 48.0 Å². The van der Waals surface area contributed by atoms with Gasteiger partial charge >= 0.3 is 11.9 Å². The van der Waals surface area contributed by atoms with E-state index in [1.165, 1.54) is 16.3 Å². The summed E-state index contributed by atoms with van der Waals surface area (Å²) >= 11 is 0. The summed E-state index contributed by atoms with van der Waals surface area (Å²) in [6.07, 6.45) is 0.346. The van der Waals surface area contributed by atoms with Gasteiger partial charge in [0.1, 0.15) is 0 Å². The van der Waals surface area contributed by atoms with Crippen LogP contribution in [0.2, 0.25) is 18.1 Å². The zero-order valence-electron chi connectivity index (χ0n) is 19.8. The van der Waals surface area contributed by atoms with Gasteiger partial charge in [0.2, 0.25) is 0 Å². The van der Waals surface area contributed by atoms with Crippen LogP contribution >= 0.6 is 0 Å². The minimum atomic E-state index is -2.48. The van der Waals surface area contributed by atoms with Crippen LogP contribution in [-0.2, 0) is 25.2 Å². The fraction of sp³-hybridized carbons (Fsp3) is 0.520. The molecule has 0 aliphatic carbocycles. The highest BCUT2D eigenvalue weighted by Gasteiger charge is 2.45. The molecule has 2 rings (SSSR count). The molecule has 32 heavy (non-hydrogen) atoms. The van der Waals surface area contributed by atoms with Crippen LogP contribution in [0.4, 0.5) is 0 Å². The zero-order chi connectivity index (χ0) is 23.9. The molecule has 2 atom stereocenters. The molecule has 2 aromatic rings. The SMILES string of the molecule is CC(C)(C)[Si](C)(C)O[C@@H](C(=O)O)[C@@H](OCCCCCc1ccc2ccccc2c1)C(=O)O. The van der Waals surface area contributed by atoms with Crippen molar-refractivity contribution in [2.75, 3.05) is 6.61 Å². The minimum absolute atomic E-state index is 0.180. The van der Waals surface area contributed by atoms with Crippen molar-refractivity contribution in [3.8, 4) is 0 Å². The molecule has 176 valence electrons. The van der Waals surface area contributed by atoms with E-state index >= 15 is 0 Å². The van der Waals surface area contributed by atoms with Crippen molar-refractivity contribution < 1.29 is 29.0 Å². The Morgan fingerprint density at radius 2 is 1.53 bits per heavy atom. The van der Waals surface area contributed by atoms with Gasteiger partial charge in [-0.3, -0.25) is 0 Å². The van der Waals surface area contributed by atoms with Gasteiger partial charge in [-0.05, 0) is 53.7 Å². The largest absolute Gasteiger partial charge is 0.479 e. The van der Waals surface area contributed by atoms with Crippen molar-refractivity contribution in [2.24, 2.45) is 0 Å². The number of carboxylic acid groups (broad SMARTS) is 2. The molecular formula is C25H36O6Si. The molecule has 0 unspecified atom stereocenters. The third-order valence-corrected chi connectivity index (χ3v) is 10.7. The molecule has 0 saturated carbocycles. The number of fused-ring (bicyclic) bond motifs is 1. The smallest absolute Gasteiger partial charge is 0.336 e. The Morgan fingerprint density at radius 3 is 2.12 bits per heavy atom. The predicted octanol–water partition coefficient (Wildman–Crippen LogP) is 5.50. The molecule has 0 saturated heterocycles. The molecule has 0 amide bonds. The summed E-state index contributed by atoms with van der Waals surface area (Å²) in [5, 5.41) is 21.4. The Balaban J connectivity index is 1.85. The number of unbranched alkanes of at least 4 members (excludes halogenated alkanes) is 2. The average molecular weight is 461 g/mol. The Bertz CT molecular complexity index is 918. The summed E-state index contributed by atoms with van der Waals surface area (Å²) in [6, 6.07) is 14.7. The molecule has 0 bridgehead atoms. The summed E-state index contributed by atoms with van der Waals surface area (Å²) < 4.78 is 11.4. The van der Waals surface area contributed by atoms with Crippen LogP contribution in [-0.4, -0.2) is 49.3 Å². The Kier molecular flexibility index (Phi) is 9.01. The van der Waals surface area contributed by atoms with Gasteiger partial charge < -0.3 is 19.4 Å². The summed E-state index contributed by atoms with van der Waals surface area (Å²) in [5.74, 6) is -2.62. The van der Waals surface area contributed by atoms with E-state index in [1.54, 1.807) is 0 Å². The zero-order valence-corrected chi connectivity index (χ0v) is 20.8. The molecule has 2 N–H and O–H groups in total. The lowest BCUT2D eigenvalue weighted by atomic mass is 10.0. The molecule has 7 heteroatoms. The quantitative estimate of drug-likeness (QED) is 0.321. The number of hydrogen-bond donors (Lipinski definition) is 2. The van der Waals surface area contributed by atoms with Gasteiger partial charge in [-0.15, -0.1) is 0 Å². The summed E-state index contributed by atoms with van der Waals surface area (Å²) in [6.45, 7) is 9.90. The first-order chi connectivity index (χ1) is 14.9. The van der Waals surface area contributed by atoms with E-state index in [9.17, 15) is 19.8 Å². The van der Waals surface area contributed by atoms with Crippen LogP contribution in [0.1, 0.15) is 45.6 Å². The van der Waals surface area contributed by atoms with Crippen molar-refractivity contribution in [3.63, 3.8) is 0 Å². The standard InChI is InChI=1S/C25H36O6Si/c1-25(2,3)32(4,5)31-22(24(28)29)21(23(26)27)30-16-10-6-7-11-18-14-15-19-12-8-9-13-20(19)17-18/h8-9,12-15,17,21-22H,6-7,10-11,16H2,1-5H3,(H,26,27)(H,28,29)/t21-,22-/m1/s1. The van der Waals surface area contributed by atoms with Gasteiger partial charge in [-0.1, -0.05) is 69.7 Å². The van der Waals surface area contributed by atoms with Crippen LogP contribution in [0, 0.1) is 0 Å². The molecular weight excluding hydrogens is 424 g/mol. The van der Waals surface area contributed by atoms with Gasteiger partial charge in [-0.25, -0.2) is 9.59 Å². The predicted molar refractivity (Wildman–Crippen MR) is 129 cm³/mol. The van der Waals surface area contributed by atoms with Crippen LogP contribution in [0.5, 0.6) is 0 Å². The number of ether oxygens (including phenoxy) is 1.